The van der Waals surface area contributed by atoms with Gasteiger partial charge in [-0.2, -0.15) is 4.98 Å². The number of rotatable bonds is 5. The Bertz CT molecular complexity index is 1340. The second-order valence-electron chi connectivity index (χ2n) is 8.01. The smallest absolute Gasteiger partial charge is 0.267 e. The number of hydrogen-bond acceptors (Lipinski definition) is 3. The number of fused-ring (bicyclic) bond motifs is 2. The predicted octanol–water partition coefficient (Wildman–Crippen LogP) is 4.02. The van der Waals surface area contributed by atoms with Crippen molar-refractivity contribution in [1.82, 2.24) is 15.0 Å². The molecular weight excluding hydrogens is 400 g/mol. The van der Waals surface area contributed by atoms with Crippen molar-refractivity contribution in [3.63, 3.8) is 0 Å². The molecule has 0 saturated carbocycles. The lowest BCUT2D eigenvalue weighted by molar-refractivity contribution is -0.648. The Hall–Kier alpha value is -2.99. The summed E-state index contributed by atoms with van der Waals surface area (Å²) in [7, 11) is 0. The highest BCUT2D eigenvalue weighted by atomic mass is 35.5. The molecule has 0 aliphatic heterocycles. The van der Waals surface area contributed by atoms with Gasteiger partial charge in [0.15, 0.2) is 5.52 Å². The van der Waals surface area contributed by atoms with Crippen LogP contribution in [0.1, 0.15) is 50.2 Å². The molecule has 0 bridgehead atoms. The van der Waals surface area contributed by atoms with Gasteiger partial charge in [-0.1, -0.05) is 50.6 Å². The van der Waals surface area contributed by atoms with Crippen LogP contribution in [-0.2, 0) is 6.54 Å². The minimum Gasteiger partial charge on any atom is -0.267 e. The van der Waals surface area contributed by atoms with E-state index in [4.69, 9.17) is 11.6 Å². The zero-order valence-electron chi connectivity index (χ0n) is 17.2. The predicted molar refractivity (Wildman–Crippen MR) is 119 cm³/mol. The van der Waals surface area contributed by atoms with Crippen molar-refractivity contribution in [3.8, 4) is 0 Å². The summed E-state index contributed by atoms with van der Waals surface area (Å²) in [5.41, 5.74) is 3.63. The van der Waals surface area contributed by atoms with Gasteiger partial charge in [-0.05, 0) is 53.6 Å². The van der Waals surface area contributed by atoms with Gasteiger partial charge < -0.3 is 0 Å². The third-order valence-corrected chi connectivity index (χ3v) is 5.83. The van der Waals surface area contributed by atoms with Crippen molar-refractivity contribution in [2.75, 3.05) is 0 Å². The highest BCUT2D eigenvalue weighted by Gasteiger charge is 2.20. The SMILES string of the molecule is CC(C)c1ccc2c(c1)nc1c(=O)[nH]c(=O)[nH]c1[n+]2CC[C@@H](C)c1ccc(Cl)cc1. The highest BCUT2D eigenvalue weighted by Crippen LogP contribution is 2.23. The minimum atomic E-state index is -0.535. The highest BCUT2D eigenvalue weighted by molar-refractivity contribution is 6.30. The van der Waals surface area contributed by atoms with Crippen LogP contribution in [0.4, 0.5) is 0 Å². The third-order valence-electron chi connectivity index (χ3n) is 5.58. The molecule has 4 aromatic rings. The summed E-state index contributed by atoms with van der Waals surface area (Å²) in [5, 5.41) is 0.712. The van der Waals surface area contributed by atoms with Crippen molar-refractivity contribution < 1.29 is 4.57 Å². The fraction of sp³-hybridized carbons (Fsp3) is 0.304. The summed E-state index contributed by atoms with van der Waals surface area (Å²) >= 11 is 6.01. The summed E-state index contributed by atoms with van der Waals surface area (Å²) in [6.45, 7) is 7.02. The number of aryl methyl sites for hydroxylation is 1. The van der Waals surface area contributed by atoms with Crippen LogP contribution in [0.3, 0.4) is 0 Å². The van der Waals surface area contributed by atoms with Gasteiger partial charge in [0.05, 0.1) is 6.54 Å². The molecule has 2 N–H and O–H groups in total. The van der Waals surface area contributed by atoms with E-state index in [9.17, 15) is 9.59 Å². The van der Waals surface area contributed by atoms with E-state index < -0.39 is 11.2 Å². The molecule has 2 aromatic carbocycles. The zero-order valence-corrected chi connectivity index (χ0v) is 18.0. The van der Waals surface area contributed by atoms with Crippen LogP contribution in [0.15, 0.2) is 52.1 Å². The number of nitrogens with zero attached hydrogens (tertiary/aromatic N) is 2. The van der Waals surface area contributed by atoms with E-state index in [1.54, 1.807) is 0 Å². The number of aromatic amines is 2. The molecule has 7 heteroatoms. The summed E-state index contributed by atoms with van der Waals surface area (Å²) in [6.07, 6.45) is 0.821. The molecule has 0 aliphatic carbocycles. The molecule has 2 heterocycles. The molecule has 0 radical (unpaired) electrons. The fourth-order valence-electron chi connectivity index (χ4n) is 3.74. The van der Waals surface area contributed by atoms with E-state index >= 15 is 0 Å². The average Bonchev–Trinajstić information content (AvgIpc) is 2.71. The average molecular weight is 424 g/mol. The van der Waals surface area contributed by atoms with E-state index in [-0.39, 0.29) is 11.4 Å². The number of benzene rings is 2. The molecule has 2 aromatic heterocycles. The Balaban J connectivity index is 1.83. The largest absolute Gasteiger partial charge is 0.413 e. The van der Waals surface area contributed by atoms with Crippen LogP contribution in [0.25, 0.3) is 22.2 Å². The molecular formula is C23H24ClN4O2+. The summed E-state index contributed by atoms with van der Waals surface area (Å²) < 4.78 is 1.99. The molecule has 0 aliphatic rings. The monoisotopic (exact) mass is 423 g/mol. The van der Waals surface area contributed by atoms with E-state index in [2.05, 4.69) is 41.8 Å². The molecule has 0 unspecified atom stereocenters. The van der Waals surface area contributed by atoms with Crippen LogP contribution < -0.4 is 15.8 Å². The third kappa shape index (κ3) is 3.87. The van der Waals surface area contributed by atoms with Gasteiger partial charge in [-0.25, -0.2) is 14.3 Å². The lowest BCUT2D eigenvalue weighted by Gasteiger charge is -2.14. The quantitative estimate of drug-likeness (QED) is 0.375. The normalized spacial score (nSPS) is 12.7. The van der Waals surface area contributed by atoms with Crippen molar-refractivity contribution in [2.45, 2.75) is 45.6 Å². The van der Waals surface area contributed by atoms with E-state index in [0.717, 1.165) is 23.0 Å². The van der Waals surface area contributed by atoms with Crippen LogP contribution in [0, 0.1) is 0 Å². The van der Waals surface area contributed by atoms with Gasteiger partial charge in [0.25, 0.3) is 5.56 Å². The fourth-order valence-corrected chi connectivity index (χ4v) is 3.86. The zero-order chi connectivity index (χ0) is 21.4. The molecule has 154 valence electrons. The van der Waals surface area contributed by atoms with Gasteiger partial charge in [0.2, 0.25) is 5.52 Å². The lowest BCUT2D eigenvalue weighted by atomic mass is 9.98. The first-order chi connectivity index (χ1) is 14.3. The Kier molecular flexibility index (Phi) is 5.43. The van der Waals surface area contributed by atoms with Gasteiger partial charge in [-0.15, -0.1) is 0 Å². The van der Waals surface area contributed by atoms with Gasteiger partial charge in [-0.3, -0.25) is 9.78 Å². The number of H-pyrrole nitrogens is 2. The van der Waals surface area contributed by atoms with E-state index in [1.165, 1.54) is 5.56 Å². The number of aromatic nitrogens is 4. The first-order valence-corrected chi connectivity index (χ1v) is 10.5. The molecule has 0 amide bonds. The summed E-state index contributed by atoms with van der Waals surface area (Å²) in [6, 6.07) is 14.0. The first-order valence-electron chi connectivity index (χ1n) is 10.1. The Labute approximate surface area is 178 Å². The van der Waals surface area contributed by atoms with Crippen molar-refractivity contribution in [2.24, 2.45) is 0 Å². The van der Waals surface area contributed by atoms with Gasteiger partial charge >= 0.3 is 11.3 Å². The summed E-state index contributed by atoms with van der Waals surface area (Å²) in [4.78, 5) is 34.0. The van der Waals surface area contributed by atoms with Crippen molar-refractivity contribution in [3.05, 3.63) is 79.5 Å². The van der Waals surface area contributed by atoms with Crippen molar-refractivity contribution >= 4 is 33.8 Å². The number of hydrogen-bond donors (Lipinski definition) is 2. The topological polar surface area (TPSA) is 82.5 Å². The Morgan fingerprint density at radius 3 is 2.40 bits per heavy atom. The molecule has 1 atom stereocenters. The maximum absolute atomic E-state index is 12.4. The van der Waals surface area contributed by atoms with E-state index in [0.29, 0.717) is 23.1 Å². The second kappa shape index (κ2) is 8.03. The molecule has 0 spiro atoms. The van der Waals surface area contributed by atoms with E-state index in [1.807, 2.05) is 41.0 Å². The van der Waals surface area contributed by atoms with Gasteiger partial charge in [0, 0.05) is 5.02 Å². The van der Waals surface area contributed by atoms with Crippen LogP contribution in [0.2, 0.25) is 5.02 Å². The van der Waals surface area contributed by atoms with Crippen molar-refractivity contribution in [1.29, 1.82) is 0 Å². The van der Waals surface area contributed by atoms with Gasteiger partial charge in [0.1, 0.15) is 5.52 Å². The maximum Gasteiger partial charge on any atom is 0.413 e. The van der Waals surface area contributed by atoms with Crippen LogP contribution in [-0.4, -0.2) is 15.0 Å². The molecule has 6 nitrogen and oxygen atoms in total. The molecule has 0 saturated heterocycles. The standard InChI is InChI=1S/C23H23ClN4O2/c1-13(2)16-6-9-19-18(12-16)25-20-21(26-23(30)27-22(20)29)28(19)11-10-14(3)15-4-7-17(24)8-5-15/h4-9,12-14H,10-11H2,1-3H3,(H,27,29,30)/p+1/t14-/m1/s1. The minimum absolute atomic E-state index is 0.238. The second-order valence-corrected chi connectivity index (χ2v) is 8.45. The summed E-state index contributed by atoms with van der Waals surface area (Å²) in [5.74, 6) is 0.621. The molecule has 0 fully saturated rings. The maximum atomic E-state index is 12.4. The lowest BCUT2D eigenvalue weighted by Crippen LogP contribution is -2.41. The Morgan fingerprint density at radius 1 is 1.00 bits per heavy atom. The van der Waals surface area contributed by atoms with Crippen LogP contribution >= 0.6 is 11.6 Å². The molecule has 30 heavy (non-hydrogen) atoms. The molecule has 4 rings (SSSR count). The number of nitrogens with one attached hydrogen (secondary N) is 2. The number of halogens is 1. The first kappa shape index (κ1) is 20.3. The Morgan fingerprint density at radius 2 is 1.70 bits per heavy atom. The van der Waals surface area contributed by atoms with Crippen LogP contribution in [0.5, 0.6) is 0 Å².